The van der Waals surface area contributed by atoms with E-state index in [2.05, 4.69) is 4.74 Å². The van der Waals surface area contributed by atoms with Gasteiger partial charge in [0.15, 0.2) is 5.78 Å². The average molecular weight is 162 g/mol. The van der Waals surface area contributed by atoms with Crippen LogP contribution in [0.1, 0.15) is 6.42 Å². The van der Waals surface area contributed by atoms with Crippen molar-refractivity contribution in [3.63, 3.8) is 0 Å². The van der Waals surface area contributed by atoms with Crippen LogP contribution in [0.25, 0.3) is 0 Å². The van der Waals surface area contributed by atoms with Gasteiger partial charge in [-0.3, -0.25) is 4.79 Å². The van der Waals surface area contributed by atoms with E-state index in [0.29, 0.717) is 0 Å². The minimum atomic E-state index is -1.49. The molecule has 0 aromatic rings. The zero-order valence-electron chi connectivity index (χ0n) is 5.80. The van der Waals surface area contributed by atoms with Crippen LogP contribution >= 0.6 is 0 Å². The molecule has 0 amide bonds. The fraction of sp³-hybridized carbons (Fsp3) is 0.833. The van der Waals surface area contributed by atoms with Gasteiger partial charge in [-0.1, -0.05) is 0 Å². The molecule has 1 fully saturated rings. The van der Waals surface area contributed by atoms with Crippen LogP contribution in [-0.4, -0.2) is 46.2 Å². The largest absolute Gasteiger partial charge is 0.394 e. The summed E-state index contributed by atoms with van der Waals surface area (Å²) < 4.78 is 4.57. The molecule has 0 unspecified atom stereocenters. The highest BCUT2D eigenvalue weighted by atomic mass is 16.6. The number of aliphatic hydroxyl groups is 3. The molecule has 3 atom stereocenters. The molecule has 1 heterocycles. The number of carbonyl (C=O) groups is 1. The highest BCUT2D eigenvalue weighted by molar-refractivity contribution is 5.82. The van der Waals surface area contributed by atoms with E-state index in [1.165, 1.54) is 0 Å². The Morgan fingerprint density at radius 1 is 1.55 bits per heavy atom. The Kier molecular flexibility index (Phi) is 2.56. The van der Waals surface area contributed by atoms with Crippen LogP contribution in [0, 0.1) is 0 Å². The third kappa shape index (κ3) is 1.75. The van der Waals surface area contributed by atoms with Gasteiger partial charge in [-0.25, -0.2) is 0 Å². The second-order valence-electron chi connectivity index (χ2n) is 2.45. The Morgan fingerprint density at radius 3 is 2.73 bits per heavy atom. The molecule has 0 aromatic heterocycles. The SMILES string of the molecule is O=C1C[C@H](O)[C@@H](CO)O[C@@H]1O. The van der Waals surface area contributed by atoms with Crippen LogP contribution in [0.4, 0.5) is 0 Å². The van der Waals surface area contributed by atoms with Crippen molar-refractivity contribution in [2.45, 2.75) is 24.9 Å². The first-order valence-electron chi connectivity index (χ1n) is 3.30. The number of rotatable bonds is 1. The molecule has 1 rings (SSSR count). The van der Waals surface area contributed by atoms with Crippen molar-refractivity contribution in [3.05, 3.63) is 0 Å². The van der Waals surface area contributed by atoms with E-state index in [4.69, 9.17) is 15.3 Å². The van der Waals surface area contributed by atoms with Crippen LogP contribution in [-0.2, 0) is 9.53 Å². The summed E-state index contributed by atoms with van der Waals surface area (Å²) in [6, 6.07) is 0. The smallest absolute Gasteiger partial charge is 0.215 e. The average Bonchev–Trinajstić information content (AvgIpc) is 1.97. The third-order valence-corrected chi connectivity index (χ3v) is 1.60. The fourth-order valence-electron chi connectivity index (χ4n) is 0.935. The van der Waals surface area contributed by atoms with Gasteiger partial charge in [-0.2, -0.15) is 0 Å². The number of hydrogen-bond donors (Lipinski definition) is 3. The van der Waals surface area contributed by atoms with Gasteiger partial charge in [-0.15, -0.1) is 0 Å². The normalized spacial score (nSPS) is 39.2. The fourth-order valence-corrected chi connectivity index (χ4v) is 0.935. The molecular formula is C6H10O5. The van der Waals surface area contributed by atoms with Crippen LogP contribution in [0.2, 0.25) is 0 Å². The summed E-state index contributed by atoms with van der Waals surface area (Å²) in [4.78, 5) is 10.6. The van der Waals surface area contributed by atoms with E-state index in [1.807, 2.05) is 0 Å². The lowest BCUT2D eigenvalue weighted by Gasteiger charge is -2.28. The molecule has 3 N–H and O–H groups in total. The van der Waals surface area contributed by atoms with Gasteiger partial charge in [0.25, 0.3) is 0 Å². The van der Waals surface area contributed by atoms with Gasteiger partial charge in [0.2, 0.25) is 6.29 Å². The van der Waals surface area contributed by atoms with E-state index in [0.717, 1.165) is 0 Å². The second kappa shape index (κ2) is 3.27. The molecule has 0 aromatic carbocycles. The second-order valence-corrected chi connectivity index (χ2v) is 2.45. The molecule has 0 spiro atoms. The molecule has 0 aliphatic carbocycles. The first-order chi connectivity index (χ1) is 5.15. The predicted molar refractivity (Wildman–Crippen MR) is 33.6 cm³/mol. The summed E-state index contributed by atoms with van der Waals surface area (Å²) >= 11 is 0. The van der Waals surface area contributed by atoms with Crippen molar-refractivity contribution in [2.75, 3.05) is 6.61 Å². The first-order valence-corrected chi connectivity index (χ1v) is 3.30. The summed E-state index contributed by atoms with van der Waals surface area (Å²) in [5, 5.41) is 26.4. The van der Waals surface area contributed by atoms with Gasteiger partial charge in [0.1, 0.15) is 6.10 Å². The van der Waals surface area contributed by atoms with Crippen LogP contribution in [0.3, 0.4) is 0 Å². The number of hydrogen-bond acceptors (Lipinski definition) is 5. The minimum absolute atomic E-state index is 0.160. The zero-order chi connectivity index (χ0) is 8.43. The van der Waals surface area contributed by atoms with Gasteiger partial charge in [-0.05, 0) is 0 Å². The number of aliphatic hydroxyl groups excluding tert-OH is 3. The molecule has 1 aliphatic rings. The Hall–Kier alpha value is -0.490. The van der Waals surface area contributed by atoms with Crippen LogP contribution in [0.5, 0.6) is 0 Å². The highest BCUT2D eigenvalue weighted by Crippen LogP contribution is 2.14. The Labute approximate surface area is 63.2 Å². The van der Waals surface area contributed by atoms with Gasteiger partial charge in [0.05, 0.1) is 12.7 Å². The highest BCUT2D eigenvalue weighted by Gasteiger charge is 2.34. The topological polar surface area (TPSA) is 87.0 Å². The molecule has 1 aliphatic heterocycles. The van der Waals surface area contributed by atoms with E-state index < -0.39 is 30.9 Å². The first kappa shape index (κ1) is 8.61. The molecule has 0 bridgehead atoms. The summed E-state index contributed by atoms with van der Waals surface area (Å²) in [5.74, 6) is -0.554. The molecule has 1 saturated heterocycles. The summed E-state index contributed by atoms with van der Waals surface area (Å²) in [5.41, 5.74) is 0. The van der Waals surface area contributed by atoms with Crippen molar-refractivity contribution in [1.82, 2.24) is 0 Å². The lowest BCUT2D eigenvalue weighted by molar-refractivity contribution is -0.205. The lowest BCUT2D eigenvalue weighted by atomic mass is 10.0. The molecule has 5 nitrogen and oxygen atoms in total. The van der Waals surface area contributed by atoms with Crippen molar-refractivity contribution in [3.8, 4) is 0 Å². The van der Waals surface area contributed by atoms with E-state index in [9.17, 15) is 4.79 Å². The summed E-state index contributed by atoms with van der Waals surface area (Å²) in [6.07, 6.45) is -3.50. The Morgan fingerprint density at radius 2 is 2.18 bits per heavy atom. The Bertz CT molecular complexity index is 157. The van der Waals surface area contributed by atoms with Crippen molar-refractivity contribution < 1.29 is 24.9 Å². The molecular weight excluding hydrogens is 152 g/mol. The minimum Gasteiger partial charge on any atom is -0.394 e. The van der Waals surface area contributed by atoms with Crippen molar-refractivity contribution >= 4 is 5.78 Å². The molecule has 5 heteroatoms. The maximum atomic E-state index is 10.6. The number of ether oxygens (including phenoxy) is 1. The maximum absolute atomic E-state index is 10.6. The van der Waals surface area contributed by atoms with E-state index >= 15 is 0 Å². The quantitative estimate of drug-likeness (QED) is 0.415. The van der Waals surface area contributed by atoms with E-state index in [-0.39, 0.29) is 6.42 Å². The molecule has 11 heavy (non-hydrogen) atoms. The van der Waals surface area contributed by atoms with Gasteiger partial charge < -0.3 is 20.1 Å². The lowest BCUT2D eigenvalue weighted by Crippen LogP contribution is -2.46. The summed E-state index contributed by atoms with van der Waals surface area (Å²) in [7, 11) is 0. The monoisotopic (exact) mass is 162 g/mol. The van der Waals surface area contributed by atoms with Gasteiger partial charge >= 0.3 is 0 Å². The third-order valence-electron chi connectivity index (χ3n) is 1.60. The van der Waals surface area contributed by atoms with Crippen molar-refractivity contribution in [2.24, 2.45) is 0 Å². The Balaban J connectivity index is 2.54. The molecule has 64 valence electrons. The van der Waals surface area contributed by atoms with Gasteiger partial charge in [0, 0.05) is 6.42 Å². The summed E-state index contributed by atoms with van der Waals surface area (Å²) in [6.45, 7) is -0.397. The zero-order valence-corrected chi connectivity index (χ0v) is 5.80. The number of ketones is 1. The number of Topliss-reactive ketones (excluding diaryl/α,β-unsaturated/α-hetero) is 1. The van der Waals surface area contributed by atoms with Crippen LogP contribution < -0.4 is 0 Å². The van der Waals surface area contributed by atoms with E-state index in [1.54, 1.807) is 0 Å². The maximum Gasteiger partial charge on any atom is 0.215 e. The van der Waals surface area contributed by atoms with Crippen molar-refractivity contribution in [1.29, 1.82) is 0 Å². The predicted octanol–water partition coefficient (Wildman–Crippen LogP) is -1.98. The standard InChI is InChI=1S/C6H10O5/c7-2-5-3(8)1-4(9)6(10)11-5/h3,5-8,10H,1-2H2/t3-,5+,6-/m0/s1. The number of carbonyl (C=O) groups excluding carboxylic acids is 1. The molecule has 0 radical (unpaired) electrons. The van der Waals surface area contributed by atoms with Crippen LogP contribution in [0.15, 0.2) is 0 Å². The molecule has 0 saturated carbocycles.